The van der Waals surface area contributed by atoms with Gasteiger partial charge in [-0.05, 0) is 26.2 Å². The van der Waals surface area contributed by atoms with Gasteiger partial charge in [0.05, 0.1) is 0 Å². The first kappa shape index (κ1) is 23.1. The van der Waals surface area contributed by atoms with Gasteiger partial charge in [-0.25, -0.2) is 0 Å². The van der Waals surface area contributed by atoms with E-state index in [0.717, 1.165) is 0 Å². The van der Waals surface area contributed by atoms with Crippen molar-refractivity contribution in [2.45, 2.75) is 58.2 Å². The van der Waals surface area contributed by atoms with Gasteiger partial charge in [0, 0.05) is 13.5 Å². The van der Waals surface area contributed by atoms with Crippen molar-refractivity contribution in [2.24, 2.45) is 22.2 Å². The number of carbonyl (C=O) groups excluding carboxylic acids is 4. The molecule has 11 heteroatoms. The Morgan fingerprint density at radius 1 is 0.962 bits per heavy atom. The fraction of sp³-hybridized carbons (Fsp3) is 0.667. The van der Waals surface area contributed by atoms with Crippen LogP contribution in [0.15, 0.2) is 4.99 Å². The van der Waals surface area contributed by atoms with Gasteiger partial charge in [-0.1, -0.05) is 6.92 Å². The molecular formula is C15H29N7O4. The van der Waals surface area contributed by atoms with Crippen LogP contribution in [0, 0.1) is 0 Å². The first-order chi connectivity index (χ1) is 12.1. The average Bonchev–Trinajstić information content (AvgIpc) is 2.54. The van der Waals surface area contributed by atoms with Crippen LogP contribution in [0.5, 0.6) is 0 Å². The Kier molecular flexibility index (Phi) is 10.4. The molecule has 0 heterocycles. The van der Waals surface area contributed by atoms with E-state index in [2.05, 4.69) is 20.9 Å². The maximum atomic E-state index is 12.3. The van der Waals surface area contributed by atoms with Gasteiger partial charge < -0.3 is 33.2 Å². The SMILES string of the molecule is CC[C@H](NC(C)=O)C(=O)N[C@@H](CCCN=C(N)N)C(=O)N[C@@H](C)C(N)=O. The number of primary amides is 1. The summed E-state index contributed by atoms with van der Waals surface area (Å²) in [7, 11) is 0. The van der Waals surface area contributed by atoms with Crippen LogP contribution in [0.3, 0.4) is 0 Å². The van der Waals surface area contributed by atoms with Gasteiger partial charge in [0.2, 0.25) is 23.6 Å². The summed E-state index contributed by atoms with van der Waals surface area (Å²) in [5.74, 6) is -2.20. The van der Waals surface area contributed by atoms with Crippen LogP contribution >= 0.6 is 0 Å². The monoisotopic (exact) mass is 371 g/mol. The van der Waals surface area contributed by atoms with E-state index >= 15 is 0 Å². The van der Waals surface area contributed by atoms with Crippen molar-refractivity contribution >= 4 is 29.6 Å². The van der Waals surface area contributed by atoms with Gasteiger partial charge >= 0.3 is 0 Å². The van der Waals surface area contributed by atoms with E-state index in [9.17, 15) is 19.2 Å². The summed E-state index contributed by atoms with van der Waals surface area (Å²) in [5, 5.41) is 7.51. The molecule has 0 aliphatic carbocycles. The number of rotatable bonds is 11. The third-order valence-electron chi connectivity index (χ3n) is 3.47. The zero-order valence-electron chi connectivity index (χ0n) is 15.4. The third kappa shape index (κ3) is 9.45. The van der Waals surface area contributed by atoms with Crippen molar-refractivity contribution in [1.29, 1.82) is 0 Å². The number of hydrogen-bond acceptors (Lipinski definition) is 5. The Morgan fingerprint density at radius 3 is 2.00 bits per heavy atom. The summed E-state index contributed by atoms with van der Waals surface area (Å²) in [6.07, 6.45) is 1.000. The zero-order chi connectivity index (χ0) is 20.3. The summed E-state index contributed by atoms with van der Waals surface area (Å²) >= 11 is 0. The molecule has 4 amide bonds. The molecule has 0 radical (unpaired) electrons. The Bertz CT molecular complexity index is 546. The van der Waals surface area contributed by atoms with Crippen molar-refractivity contribution < 1.29 is 19.2 Å². The van der Waals surface area contributed by atoms with E-state index in [1.165, 1.54) is 13.8 Å². The summed E-state index contributed by atoms with van der Waals surface area (Å²) < 4.78 is 0. The second kappa shape index (κ2) is 11.7. The van der Waals surface area contributed by atoms with Gasteiger partial charge in [-0.2, -0.15) is 0 Å². The lowest BCUT2D eigenvalue weighted by Crippen LogP contribution is -2.55. The number of carbonyl (C=O) groups is 4. The molecule has 0 spiro atoms. The van der Waals surface area contributed by atoms with Crippen LogP contribution < -0.4 is 33.2 Å². The van der Waals surface area contributed by atoms with Crippen molar-refractivity contribution in [3.8, 4) is 0 Å². The molecule has 0 saturated heterocycles. The van der Waals surface area contributed by atoms with E-state index < -0.39 is 35.8 Å². The first-order valence-corrected chi connectivity index (χ1v) is 8.31. The number of nitrogens with one attached hydrogen (secondary N) is 3. The normalized spacial score (nSPS) is 13.7. The maximum Gasteiger partial charge on any atom is 0.243 e. The minimum absolute atomic E-state index is 0.0749. The highest BCUT2D eigenvalue weighted by molar-refractivity contribution is 5.93. The second-order valence-electron chi connectivity index (χ2n) is 5.80. The number of hydrogen-bond donors (Lipinski definition) is 6. The van der Waals surface area contributed by atoms with Crippen molar-refractivity contribution in [2.75, 3.05) is 6.54 Å². The number of amides is 4. The Balaban J connectivity index is 5.02. The highest BCUT2D eigenvalue weighted by atomic mass is 16.2. The first-order valence-electron chi connectivity index (χ1n) is 8.31. The molecule has 3 atom stereocenters. The largest absolute Gasteiger partial charge is 0.370 e. The highest BCUT2D eigenvalue weighted by Crippen LogP contribution is 2.02. The predicted molar refractivity (Wildman–Crippen MR) is 96.5 cm³/mol. The molecule has 0 aromatic rings. The topological polar surface area (TPSA) is 195 Å². The number of nitrogens with two attached hydrogens (primary N) is 3. The number of aliphatic imine (C=N–C) groups is 1. The fourth-order valence-electron chi connectivity index (χ4n) is 2.03. The van der Waals surface area contributed by atoms with Gasteiger partial charge in [-0.15, -0.1) is 0 Å². The van der Waals surface area contributed by atoms with Crippen LogP contribution in [0.2, 0.25) is 0 Å². The maximum absolute atomic E-state index is 12.3. The Morgan fingerprint density at radius 2 is 1.54 bits per heavy atom. The van der Waals surface area contributed by atoms with Gasteiger partial charge in [-0.3, -0.25) is 24.2 Å². The molecule has 0 aliphatic heterocycles. The molecule has 0 unspecified atom stereocenters. The van der Waals surface area contributed by atoms with Gasteiger partial charge in [0.15, 0.2) is 5.96 Å². The van der Waals surface area contributed by atoms with E-state index in [-0.39, 0.29) is 24.8 Å². The molecule has 9 N–H and O–H groups in total. The summed E-state index contributed by atoms with van der Waals surface area (Å²) in [5.41, 5.74) is 15.6. The van der Waals surface area contributed by atoms with E-state index in [0.29, 0.717) is 12.8 Å². The highest BCUT2D eigenvalue weighted by Gasteiger charge is 2.26. The van der Waals surface area contributed by atoms with Crippen LogP contribution in [-0.2, 0) is 19.2 Å². The molecule has 0 aliphatic rings. The van der Waals surface area contributed by atoms with E-state index in [1.54, 1.807) is 6.92 Å². The van der Waals surface area contributed by atoms with E-state index in [1.807, 2.05) is 0 Å². The predicted octanol–water partition coefficient (Wildman–Crippen LogP) is -2.57. The van der Waals surface area contributed by atoms with Gasteiger partial charge in [0.25, 0.3) is 0 Å². The van der Waals surface area contributed by atoms with Crippen molar-refractivity contribution in [1.82, 2.24) is 16.0 Å². The molecule has 0 saturated carbocycles. The minimum atomic E-state index is -0.929. The van der Waals surface area contributed by atoms with Gasteiger partial charge in [0.1, 0.15) is 18.1 Å². The third-order valence-corrected chi connectivity index (χ3v) is 3.47. The van der Waals surface area contributed by atoms with Crippen LogP contribution in [-0.4, -0.2) is 54.3 Å². The zero-order valence-corrected chi connectivity index (χ0v) is 15.4. The average molecular weight is 371 g/mol. The van der Waals surface area contributed by atoms with Crippen molar-refractivity contribution in [3.05, 3.63) is 0 Å². The molecule has 11 nitrogen and oxygen atoms in total. The molecule has 26 heavy (non-hydrogen) atoms. The summed E-state index contributed by atoms with van der Waals surface area (Å²) in [6, 6.07) is -2.59. The van der Waals surface area contributed by atoms with Crippen LogP contribution in [0.25, 0.3) is 0 Å². The molecule has 148 valence electrons. The number of nitrogens with zero attached hydrogens (tertiary/aromatic N) is 1. The lowest BCUT2D eigenvalue weighted by molar-refractivity contribution is -0.133. The molecule has 0 aromatic carbocycles. The number of guanidine groups is 1. The molecule has 0 bridgehead atoms. The smallest absolute Gasteiger partial charge is 0.243 e. The second-order valence-corrected chi connectivity index (χ2v) is 5.80. The quantitative estimate of drug-likeness (QED) is 0.131. The summed E-state index contributed by atoms with van der Waals surface area (Å²) in [6.45, 7) is 4.73. The van der Waals surface area contributed by atoms with Crippen molar-refractivity contribution in [3.63, 3.8) is 0 Å². The van der Waals surface area contributed by atoms with E-state index in [4.69, 9.17) is 17.2 Å². The summed E-state index contributed by atoms with van der Waals surface area (Å²) in [4.78, 5) is 50.8. The lowest BCUT2D eigenvalue weighted by Gasteiger charge is -2.23. The van der Waals surface area contributed by atoms with Crippen LogP contribution in [0.1, 0.15) is 40.0 Å². The fourth-order valence-corrected chi connectivity index (χ4v) is 2.03. The molecule has 0 rings (SSSR count). The minimum Gasteiger partial charge on any atom is -0.370 e. The molecule has 0 fully saturated rings. The standard InChI is InChI=1S/C15H29N7O4/c1-4-10(21-9(3)23)13(25)22-11(6-5-7-19-15(17)18)14(26)20-8(2)12(16)24/h8,10-11H,4-7H2,1-3H3,(H2,16,24)(H,20,26)(H,21,23)(H,22,25)(H4,17,18,19)/t8-,10-,11-/m0/s1. The lowest BCUT2D eigenvalue weighted by atomic mass is 10.1. The molecule has 0 aromatic heterocycles. The molecular weight excluding hydrogens is 342 g/mol. The Labute approximate surface area is 152 Å². The Hall–Kier alpha value is -2.85. The van der Waals surface area contributed by atoms with Crippen LogP contribution in [0.4, 0.5) is 0 Å².